The molecular formula is C12H11NO. The van der Waals surface area contributed by atoms with E-state index in [4.69, 9.17) is 0 Å². The van der Waals surface area contributed by atoms with E-state index in [0.29, 0.717) is 0 Å². The van der Waals surface area contributed by atoms with Gasteiger partial charge in [-0.1, -0.05) is 18.2 Å². The number of ketones is 1. The van der Waals surface area contributed by atoms with Crippen LogP contribution in [0.5, 0.6) is 0 Å². The number of hydrogen-bond acceptors (Lipinski definition) is 2. The smallest absolute Gasteiger partial charge is 0.160 e. The quantitative estimate of drug-likeness (QED) is 0.639. The molecule has 0 atom stereocenters. The van der Waals surface area contributed by atoms with Gasteiger partial charge in [-0.25, -0.2) is 0 Å². The fourth-order valence-electron chi connectivity index (χ4n) is 1.60. The third-order valence-electron chi connectivity index (χ3n) is 2.22. The lowest BCUT2D eigenvalue weighted by molar-refractivity contribution is 0.101. The first-order valence-corrected chi connectivity index (χ1v) is 4.56. The van der Waals surface area contributed by atoms with Gasteiger partial charge in [0.15, 0.2) is 5.78 Å². The molecule has 0 aliphatic rings. The summed E-state index contributed by atoms with van der Waals surface area (Å²) in [4.78, 5) is 15.8. The van der Waals surface area contributed by atoms with Gasteiger partial charge in [-0.05, 0) is 26.0 Å². The van der Waals surface area contributed by atoms with Crippen molar-refractivity contribution in [1.29, 1.82) is 0 Å². The van der Waals surface area contributed by atoms with Gasteiger partial charge in [0.25, 0.3) is 0 Å². The first-order chi connectivity index (χ1) is 6.68. The zero-order valence-corrected chi connectivity index (χ0v) is 8.24. The summed E-state index contributed by atoms with van der Waals surface area (Å²) in [6.07, 6.45) is 0. The van der Waals surface area contributed by atoms with Crippen molar-refractivity contribution in [1.82, 2.24) is 4.98 Å². The predicted octanol–water partition coefficient (Wildman–Crippen LogP) is 2.75. The average molecular weight is 185 g/mol. The van der Waals surface area contributed by atoms with Crippen LogP contribution in [-0.2, 0) is 0 Å². The Morgan fingerprint density at radius 1 is 1.29 bits per heavy atom. The number of aromatic nitrogens is 1. The average Bonchev–Trinajstić information content (AvgIpc) is 2.16. The van der Waals surface area contributed by atoms with Gasteiger partial charge in [-0.3, -0.25) is 9.78 Å². The van der Waals surface area contributed by atoms with Crippen molar-refractivity contribution >= 4 is 16.7 Å². The molecule has 0 unspecified atom stereocenters. The van der Waals surface area contributed by atoms with Crippen molar-refractivity contribution in [2.24, 2.45) is 0 Å². The third kappa shape index (κ3) is 1.39. The molecule has 0 aliphatic heterocycles. The van der Waals surface area contributed by atoms with Crippen molar-refractivity contribution in [3.05, 3.63) is 41.6 Å². The van der Waals surface area contributed by atoms with Gasteiger partial charge in [0.1, 0.15) is 0 Å². The number of pyridine rings is 1. The standard InChI is InChI=1S/C12H11NO/c1-8-7-11(9(2)14)10-5-3-4-6-12(10)13-8/h3-7H,1-2H3. The molecule has 14 heavy (non-hydrogen) atoms. The number of hydrogen-bond donors (Lipinski definition) is 0. The molecule has 0 N–H and O–H groups in total. The lowest BCUT2D eigenvalue weighted by Gasteiger charge is -2.03. The van der Waals surface area contributed by atoms with Crippen molar-refractivity contribution in [2.75, 3.05) is 0 Å². The highest BCUT2D eigenvalue weighted by Gasteiger charge is 2.06. The molecule has 1 aromatic heterocycles. The summed E-state index contributed by atoms with van der Waals surface area (Å²) in [5, 5.41) is 0.936. The van der Waals surface area contributed by atoms with E-state index in [1.807, 2.05) is 37.3 Å². The minimum atomic E-state index is 0.0895. The number of rotatable bonds is 1. The molecule has 2 heteroatoms. The number of benzene rings is 1. The van der Waals surface area contributed by atoms with E-state index in [-0.39, 0.29) is 5.78 Å². The van der Waals surface area contributed by atoms with Crippen LogP contribution < -0.4 is 0 Å². The van der Waals surface area contributed by atoms with E-state index in [9.17, 15) is 4.79 Å². The Kier molecular flexibility index (Phi) is 2.04. The summed E-state index contributed by atoms with van der Waals surface area (Å²) in [6.45, 7) is 3.49. The summed E-state index contributed by atoms with van der Waals surface area (Å²) in [5.41, 5.74) is 2.53. The number of carbonyl (C=O) groups excluding carboxylic acids is 1. The SMILES string of the molecule is CC(=O)c1cc(C)nc2ccccc12. The molecule has 2 rings (SSSR count). The molecule has 0 amide bonds. The molecule has 2 nitrogen and oxygen atoms in total. The van der Waals surface area contributed by atoms with Crippen LogP contribution in [0.3, 0.4) is 0 Å². The second-order valence-electron chi connectivity index (χ2n) is 3.38. The van der Waals surface area contributed by atoms with Gasteiger partial charge in [0, 0.05) is 16.6 Å². The lowest BCUT2D eigenvalue weighted by Crippen LogP contribution is -1.96. The van der Waals surface area contributed by atoms with Crippen LogP contribution in [0, 0.1) is 6.92 Å². The highest BCUT2D eigenvalue weighted by Crippen LogP contribution is 2.18. The summed E-state index contributed by atoms with van der Waals surface area (Å²) < 4.78 is 0. The fourth-order valence-corrected chi connectivity index (χ4v) is 1.60. The van der Waals surface area contributed by atoms with Crippen molar-refractivity contribution in [3.63, 3.8) is 0 Å². The number of nitrogens with zero attached hydrogens (tertiary/aromatic N) is 1. The van der Waals surface area contributed by atoms with Crippen LogP contribution in [0.2, 0.25) is 0 Å². The Bertz CT molecular complexity index is 503. The first kappa shape index (κ1) is 8.88. The molecule has 70 valence electrons. The second kappa shape index (κ2) is 3.22. The van der Waals surface area contributed by atoms with Gasteiger partial charge in [0.05, 0.1) is 5.52 Å². The molecule has 0 spiro atoms. The van der Waals surface area contributed by atoms with Gasteiger partial charge in [-0.2, -0.15) is 0 Å². The van der Waals surface area contributed by atoms with Crippen molar-refractivity contribution in [3.8, 4) is 0 Å². The summed E-state index contributed by atoms with van der Waals surface area (Å²) in [6, 6.07) is 9.54. The number of fused-ring (bicyclic) bond motifs is 1. The zero-order chi connectivity index (χ0) is 10.1. The minimum Gasteiger partial charge on any atom is -0.294 e. The molecule has 0 radical (unpaired) electrons. The Morgan fingerprint density at radius 3 is 2.71 bits per heavy atom. The largest absolute Gasteiger partial charge is 0.294 e. The van der Waals surface area contributed by atoms with Crippen LogP contribution in [0.15, 0.2) is 30.3 Å². The monoisotopic (exact) mass is 185 g/mol. The minimum absolute atomic E-state index is 0.0895. The lowest BCUT2D eigenvalue weighted by atomic mass is 10.1. The van der Waals surface area contributed by atoms with E-state index in [0.717, 1.165) is 22.2 Å². The van der Waals surface area contributed by atoms with Gasteiger partial charge < -0.3 is 0 Å². The number of aryl methyl sites for hydroxylation is 1. The van der Waals surface area contributed by atoms with Gasteiger partial charge in [-0.15, -0.1) is 0 Å². The van der Waals surface area contributed by atoms with E-state index in [1.54, 1.807) is 6.92 Å². The number of para-hydroxylation sites is 1. The Labute approximate surface area is 82.6 Å². The molecule has 1 aromatic carbocycles. The normalized spacial score (nSPS) is 10.4. The highest BCUT2D eigenvalue weighted by molar-refractivity contribution is 6.06. The first-order valence-electron chi connectivity index (χ1n) is 4.56. The Hall–Kier alpha value is -1.70. The van der Waals surface area contributed by atoms with Crippen LogP contribution in [0.25, 0.3) is 10.9 Å². The molecule has 2 aromatic rings. The molecule has 0 aliphatic carbocycles. The maximum Gasteiger partial charge on any atom is 0.160 e. The summed E-state index contributed by atoms with van der Waals surface area (Å²) in [5.74, 6) is 0.0895. The molecule has 0 bridgehead atoms. The third-order valence-corrected chi connectivity index (χ3v) is 2.22. The van der Waals surface area contributed by atoms with E-state index in [2.05, 4.69) is 4.98 Å². The topological polar surface area (TPSA) is 30.0 Å². The Balaban J connectivity index is 2.87. The maximum absolute atomic E-state index is 11.4. The van der Waals surface area contributed by atoms with Crippen LogP contribution in [-0.4, -0.2) is 10.8 Å². The van der Waals surface area contributed by atoms with Crippen molar-refractivity contribution in [2.45, 2.75) is 13.8 Å². The van der Waals surface area contributed by atoms with Crippen LogP contribution in [0.1, 0.15) is 23.0 Å². The Morgan fingerprint density at radius 2 is 2.00 bits per heavy atom. The summed E-state index contributed by atoms with van der Waals surface area (Å²) in [7, 11) is 0. The van der Waals surface area contributed by atoms with E-state index >= 15 is 0 Å². The van der Waals surface area contributed by atoms with Gasteiger partial charge >= 0.3 is 0 Å². The van der Waals surface area contributed by atoms with Crippen LogP contribution in [0.4, 0.5) is 0 Å². The van der Waals surface area contributed by atoms with E-state index in [1.165, 1.54) is 0 Å². The maximum atomic E-state index is 11.4. The number of Topliss-reactive ketones (excluding diaryl/α,β-unsaturated/α-hetero) is 1. The number of carbonyl (C=O) groups is 1. The molecule has 1 heterocycles. The van der Waals surface area contributed by atoms with E-state index < -0.39 is 0 Å². The second-order valence-corrected chi connectivity index (χ2v) is 3.38. The predicted molar refractivity (Wildman–Crippen MR) is 56.5 cm³/mol. The molecule has 0 saturated heterocycles. The fraction of sp³-hybridized carbons (Fsp3) is 0.167. The summed E-state index contributed by atoms with van der Waals surface area (Å²) >= 11 is 0. The molecule has 0 saturated carbocycles. The molecular weight excluding hydrogens is 174 g/mol. The zero-order valence-electron chi connectivity index (χ0n) is 8.24. The van der Waals surface area contributed by atoms with Gasteiger partial charge in [0.2, 0.25) is 0 Å². The highest BCUT2D eigenvalue weighted by atomic mass is 16.1. The molecule has 0 fully saturated rings. The van der Waals surface area contributed by atoms with Crippen LogP contribution >= 0.6 is 0 Å². The van der Waals surface area contributed by atoms with Crippen molar-refractivity contribution < 1.29 is 4.79 Å².